The minimum Gasteiger partial charge on any atom is -0.494 e. The average Bonchev–Trinajstić information content (AvgIpc) is 3.02. The van der Waals surface area contributed by atoms with Crippen molar-refractivity contribution >= 4 is 50.4 Å². The molecule has 0 spiro atoms. The van der Waals surface area contributed by atoms with Gasteiger partial charge in [0, 0.05) is 16.9 Å². The van der Waals surface area contributed by atoms with Gasteiger partial charge < -0.3 is 18.9 Å². The summed E-state index contributed by atoms with van der Waals surface area (Å²) in [4.78, 5) is 35.8. The van der Waals surface area contributed by atoms with Crippen LogP contribution in [0.3, 0.4) is 0 Å². The molecule has 44 heavy (non-hydrogen) atoms. The fourth-order valence-electron chi connectivity index (χ4n) is 4.16. The van der Waals surface area contributed by atoms with E-state index in [1.54, 1.807) is 24.3 Å². The van der Waals surface area contributed by atoms with Crippen LogP contribution < -0.4 is 9.47 Å². The van der Waals surface area contributed by atoms with E-state index in [0.29, 0.717) is 42.9 Å². The van der Waals surface area contributed by atoms with E-state index in [0.717, 1.165) is 38.2 Å². The van der Waals surface area contributed by atoms with Gasteiger partial charge in [-0.05, 0) is 94.7 Å². The molecule has 0 saturated carbocycles. The van der Waals surface area contributed by atoms with Crippen molar-refractivity contribution in [3.05, 3.63) is 103 Å². The molecule has 4 aromatic rings. The number of rotatable bonds is 15. The van der Waals surface area contributed by atoms with Gasteiger partial charge in [-0.1, -0.05) is 37.4 Å². The molecule has 228 valence electrons. The van der Waals surface area contributed by atoms with Gasteiger partial charge in [-0.2, -0.15) is 8.78 Å². The van der Waals surface area contributed by atoms with E-state index in [1.165, 1.54) is 0 Å². The van der Waals surface area contributed by atoms with Crippen LogP contribution >= 0.6 is 11.8 Å². The van der Waals surface area contributed by atoms with Gasteiger partial charge in [0.2, 0.25) is 16.8 Å². The van der Waals surface area contributed by atoms with Crippen LogP contribution in [0.25, 0.3) is 21.5 Å². The van der Waals surface area contributed by atoms with E-state index in [2.05, 4.69) is 17.9 Å². The van der Waals surface area contributed by atoms with Gasteiger partial charge in [0.15, 0.2) is 0 Å². The molecule has 0 aliphatic rings. The van der Waals surface area contributed by atoms with Crippen LogP contribution in [0.2, 0.25) is 0 Å². The zero-order valence-electron chi connectivity index (χ0n) is 23.8. The molecule has 7 nitrogen and oxygen atoms in total. The Hall–Kier alpha value is -4.70. The summed E-state index contributed by atoms with van der Waals surface area (Å²) >= 11 is 1.14. The minimum absolute atomic E-state index is 0.0106. The summed E-state index contributed by atoms with van der Waals surface area (Å²) in [5, 5.41) is 4.00. The Labute approximate surface area is 257 Å². The summed E-state index contributed by atoms with van der Waals surface area (Å²) in [6, 6.07) is 22.5. The van der Waals surface area contributed by atoms with Crippen molar-refractivity contribution in [2.24, 2.45) is 0 Å². The van der Waals surface area contributed by atoms with Gasteiger partial charge in [-0.25, -0.2) is 9.59 Å². The monoisotopic (exact) mass is 620 g/mol. The minimum atomic E-state index is -1.14. The zero-order chi connectivity index (χ0) is 31.5. The first-order valence-corrected chi connectivity index (χ1v) is 14.6. The zero-order valence-corrected chi connectivity index (χ0v) is 24.6. The van der Waals surface area contributed by atoms with Crippen LogP contribution in [-0.4, -0.2) is 43.5 Å². The van der Waals surface area contributed by atoms with Crippen molar-refractivity contribution in [3.8, 4) is 11.5 Å². The number of esters is 2. The molecule has 0 aliphatic carbocycles. The highest BCUT2D eigenvalue weighted by atomic mass is 32.2. The van der Waals surface area contributed by atoms with E-state index < -0.39 is 23.6 Å². The van der Waals surface area contributed by atoms with Gasteiger partial charge in [0.25, 0.3) is 0 Å². The van der Waals surface area contributed by atoms with Gasteiger partial charge in [0.05, 0.1) is 26.4 Å². The second-order valence-corrected chi connectivity index (χ2v) is 10.6. The standard InChI is InChI=1S/C34H30F2O7S/c1-22(35)32(37)42-17-4-3-16-41-28-12-14-30-25(20-28)6-7-26-21-29(13-15-31(26)30)44-34(39)24-8-10-27(11-9-24)40-18-5-19-43-33(38)23(2)36/h6-15,20-21H,1-5,16-19H2. The average molecular weight is 621 g/mol. The number of hydrogen-bond donors (Lipinski definition) is 0. The third kappa shape index (κ3) is 9.15. The molecule has 10 heteroatoms. The molecule has 0 saturated heterocycles. The first kappa shape index (κ1) is 32.2. The number of fused-ring (bicyclic) bond motifs is 3. The van der Waals surface area contributed by atoms with Crippen LogP contribution in [0.15, 0.2) is 103 Å². The number of carbonyl (C=O) groups is 3. The highest BCUT2D eigenvalue weighted by Gasteiger charge is 2.11. The molecular weight excluding hydrogens is 590 g/mol. The predicted octanol–water partition coefficient (Wildman–Crippen LogP) is 7.91. The molecule has 0 bridgehead atoms. The molecule has 0 aliphatic heterocycles. The van der Waals surface area contributed by atoms with Gasteiger partial charge in [-0.3, -0.25) is 4.79 Å². The van der Waals surface area contributed by atoms with Gasteiger partial charge in [-0.15, -0.1) is 0 Å². The Kier molecular flexibility index (Phi) is 11.5. The molecular formula is C34H30F2O7S. The van der Waals surface area contributed by atoms with Crippen molar-refractivity contribution in [1.82, 2.24) is 0 Å². The molecule has 0 atom stereocenters. The summed E-state index contributed by atoms with van der Waals surface area (Å²) in [6.07, 6.45) is 1.56. The van der Waals surface area contributed by atoms with Crippen LogP contribution in [0.1, 0.15) is 29.6 Å². The molecule has 4 aromatic carbocycles. The van der Waals surface area contributed by atoms with Crippen LogP contribution in [0.5, 0.6) is 11.5 Å². The van der Waals surface area contributed by atoms with E-state index in [1.807, 2.05) is 48.5 Å². The largest absolute Gasteiger partial charge is 0.494 e. The van der Waals surface area contributed by atoms with Crippen molar-refractivity contribution in [2.75, 3.05) is 26.4 Å². The predicted molar refractivity (Wildman–Crippen MR) is 165 cm³/mol. The topological polar surface area (TPSA) is 88.1 Å². The summed E-state index contributed by atoms with van der Waals surface area (Å²) in [6.45, 7) is 6.57. The summed E-state index contributed by atoms with van der Waals surface area (Å²) < 4.78 is 46.0. The van der Waals surface area contributed by atoms with Crippen molar-refractivity contribution in [3.63, 3.8) is 0 Å². The highest BCUT2D eigenvalue weighted by molar-refractivity contribution is 8.14. The highest BCUT2D eigenvalue weighted by Crippen LogP contribution is 2.32. The molecule has 0 N–H and O–H groups in total. The lowest BCUT2D eigenvalue weighted by Crippen LogP contribution is -2.08. The number of carbonyl (C=O) groups excluding carboxylic acids is 3. The lowest BCUT2D eigenvalue weighted by atomic mass is 10.0. The number of unbranched alkanes of at least 4 members (excludes halogenated alkanes) is 1. The van der Waals surface area contributed by atoms with Crippen LogP contribution in [0.4, 0.5) is 8.78 Å². The maximum atomic E-state index is 12.9. The van der Waals surface area contributed by atoms with Crippen molar-refractivity contribution in [1.29, 1.82) is 0 Å². The van der Waals surface area contributed by atoms with E-state index in [-0.39, 0.29) is 24.9 Å². The summed E-state index contributed by atoms with van der Waals surface area (Å²) in [5.74, 6) is -3.09. The smallest absolute Gasteiger partial charge is 0.366 e. The van der Waals surface area contributed by atoms with E-state index >= 15 is 0 Å². The lowest BCUT2D eigenvalue weighted by molar-refractivity contribution is -0.141. The second-order valence-electron chi connectivity index (χ2n) is 9.58. The van der Waals surface area contributed by atoms with Crippen LogP contribution in [-0.2, 0) is 19.1 Å². The Balaban J connectivity index is 1.28. The summed E-state index contributed by atoms with van der Waals surface area (Å²) in [7, 11) is 0. The Morgan fingerprint density at radius 3 is 1.80 bits per heavy atom. The second kappa shape index (κ2) is 15.7. The molecule has 0 radical (unpaired) electrons. The first-order chi connectivity index (χ1) is 21.2. The number of hydrogen-bond acceptors (Lipinski definition) is 8. The number of benzene rings is 4. The van der Waals surface area contributed by atoms with Gasteiger partial charge in [0.1, 0.15) is 11.5 Å². The van der Waals surface area contributed by atoms with Gasteiger partial charge >= 0.3 is 11.9 Å². The van der Waals surface area contributed by atoms with Crippen molar-refractivity contribution in [2.45, 2.75) is 24.2 Å². The maximum Gasteiger partial charge on any atom is 0.366 e. The molecule has 0 unspecified atom stereocenters. The maximum absolute atomic E-state index is 12.9. The number of halogens is 2. The molecule has 0 aromatic heterocycles. The molecule has 0 fully saturated rings. The van der Waals surface area contributed by atoms with Crippen LogP contribution in [0, 0.1) is 0 Å². The molecule has 4 rings (SSSR count). The molecule has 0 heterocycles. The number of ether oxygens (including phenoxy) is 4. The van der Waals surface area contributed by atoms with Crippen molar-refractivity contribution < 1.29 is 42.1 Å². The number of thioether (sulfide) groups is 1. The molecule has 0 amide bonds. The normalized spacial score (nSPS) is 10.8. The SMILES string of the molecule is C=C(F)C(=O)OCCCCOc1ccc2c(ccc3cc(SC(=O)c4ccc(OCCCOC(=O)C(=C)F)cc4)ccc32)c1. The quantitative estimate of drug-likeness (QED) is 0.0436. The van der Waals surface area contributed by atoms with E-state index in [4.69, 9.17) is 14.2 Å². The fourth-order valence-corrected chi connectivity index (χ4v) is 4.95. The summed E-state index contributed by atoms with van der Waals surface area (Å²) in [5.41, 5.74) is 0.524. The first-order valence-electron chi connectivity index (χ1n) is 13.8. The Morgan fingerprint density at radius 1 is 0.614 bits per heavy atom. The third-order valence-electron chi connectivity index (χ3n) is 6.35. The van der Waals surface area contributed by atoms with E-state index in [9.17, 15) is 23.2 Å². The Morgan fingerprint density at radius 2 is 1.14 bits per heavy atom. The lowest BCUT2D eigenvalue weighted by Gasteiger charge is -2.10. The Bertz CT molecular complexity index is 1680. The third-order valence-corrected chi connectivity index (χ3v) is 7.26. The fraction of sp³-hybridized carbons (Fsp3) is 0.206.